The van der Waals surface area contributed by atoms with Gasteiger partial charge >= 0.3 is 0 Å². The Morgan fingerprint density at radius 2 is 1.83 bits per heavy atom. The number of benzene rings is 1. The van der Waals surface area contributed by atoms with Crippen molar-refractivity contribution in [1.82, 2.24) is 4.98 Å². The molecule has 3 rings (SSSR count). The lowest BCUT2D eigenvalue weighted by Gasteiger charge is -2.18. The minimum Gasteiger partial charge on any atom is -0.357 e. The molecule has 1 fully saturated rings. The van der Waals surface area contributed by atoms with Crippen LogP contribution in [0.3, 0.4) is 0 Å². The van der Waals surface area contributed by atoms with E-state index in [2.05, 4.69) is 15.2 Å². The number of hydrogen-bond donors (Lipinski definition) is 1. The van der Waals surface area contributed by atoms with Gasteiger partial charge in [0.05, 0.1) is 16.3 Å². The molecule has 1 N–H and O–H groups in total. The number of aryl methyl sites for hydroxylation is 1. The normalized spacial score (nSPS) is 13.8. The lowest BCUT2D eigenvalue weighted by Crippen LogP contribution is -2.20. The van der Waals surface area contributed by atoms with Gasteiger partial charge in [-0.05, 0) is 44.0 Å². The molecule has 0 saturated carbocycles. The average Bonchev–Trinajstić information content (AvgIpc) is 3.11. The molecule has 1 aromatic carbocycles. The second-order valence-corrected chi connectivity index (χ2v) is 5.75. The first-order valence-corrected chi connectivity index (χ1v) is 7.83. The van der Waals surface area contributed by atoms with E-state index in [4.69, 9.17) is 0 Å². The molecule has 0 atom stereocenters. The monoisotopic (exact) mass is 326 g/mol. The number of carbonyl (C=O) groups is 1. The van der Waals surface area contributed by atoms with Crippen LogP contribution in [0, 0.1) is 17.0 Å². The van der Waals surface area contributed by atoms with Gasteiger partial charge in [-0.15, -0.1) is 0 Å². The number of aromatic nitrogens is 1. The van der Waals surface area contributed by atoms with E-state index in [1.807, 2.05) is 19.1 Å². The van der Waals surface area contributed by atoms with Gasteiger partial charge in [0.2, 0.25) is 0 Å². The highest BCUT2D eigenvalue weighted by Gasteiger charge is 2.15. The van der Waals surface area contributed by atoms with Crippen LogP contribution in [0.5, 0.6) is 0 Å². The Hall–Kier alpha value is -2.96. The third-order valence-corrected chi connectivity index (χ3v) is 4.09. The Labute approximate surface area is 139 Å². The van der Waals surface area contributed by atoms with Crippen molar-refractivity contribution in [3.05, 3.63) is 57.8 Å². The number of rotatable bonds is 4. The number of nitro groups is 1. The van der Waals surface area contributed by atoms with Crippen LogP contribution in [0.1, 0.15) is 28.9 Å². The van der Waals surface area contributed by atoms with E-state index in [1.54, 1.807) is 0 Å². The van der Waals surface area contributed by atoms with Gasteiger partial charge in [0.25, 0.3) is 11.6 Å². The van der Waals surface area contributed by atoms with Crippen LogP contribution in [-0.4, -0.2) is 28.9 Å². The Morgan fingerprint density at radius 3 is 2.42 bits per heavy atom. The Balaban J connectivity index is 1.72. The van der Waals surface area contributed by atoms with Crippen molar-refractivity contribution in [3.8, 4) is 0 Å². The summed E-state index contributed by atoms with van der Waals surface area (Å²) < 4.78 is 0. The van der Waals surface area contributed by atoms with Crippen LogP contribution in [0.2, 0.25) is 0 Å². The summed E-state index contributed by atoms with van der Waals surface area (Å²) in [6, 6.07) is 9.26. The summed E-state index contributed by atoms with van der Waals surface area (Å²) >= 11 is 0. The number of anilines is 2. The fourth-order valence-corrected chi connectivity index (χ4v) is 2.73. The summed E-state index contributed by atoms with van der Waals surface area (Å²) in [7, 11) is 0. The van der Waals surface area contributed by atoms with Gasteiger partial charge in [-0.1, -0.05) is 0 Å². The van der Waals surface area contributed by atoms with Crippen LogP contribution in [0.4, 0.5) is 17.2 Å². The molecule has 0 aliphatic carbocycles. The SMILES string of the molecule is Cc1nc(N2CCCC2)ccc1NC(=O)c1ccc([N+](=O)[O-])cc1. The molecule has 2 heterocycles. The van der Waals surface area contributed by atoms with E-state index in [0.29, 0.717) is 11.3 Å². The molecule has 7 nitrogen and oxygen atoms in total. The molecule has 0 unspecified atom stereocenters. The van der Waals surface area contributed by atoms with E-state index < -0.39 is 4.92 Å². The largest absolute Gasteiger partial charge is 0.357 e. The summed E-state index contributed by atoms with van der Waals surface area (Å²) in [5.74, 6) is 0.613. The standard InChI is InChI=1S/C17H18N4O3/c1-12-15(8-9-16(18-12)20-10-2-3-11-20)19-17(22)13-4-6-14(7-5-13)21(23)24/h4-9H,2-3,10-11H2,1H3,(H,19,22). The first-order valence-electron chi connectivity index (χ1n) is 7.83. The van der Waals surface area contributed by atoms with Crippen molar-refractivity contribution in [2.45, 2.75) is 19.8 Å². The van der Waals surface area contributed by atoms with Crippen molar-refractivity contribution < 1.29 is 9.72 Å². The number of nitro benzene ring substituents is 1. The molecular formula is C17H18N4O3. The molecule has 124 valence electrons. The van der Waals surface area contributed by atoms with E-state index >= 15 is 0 Å². The van der Waals surface area contributed by atoms with E-state index in [1.165, 1.54) is 37.1 Å². The molecule has 1 aliphatic rings. The van der Waals surface area contributed by atoms with Crippen LogP contribution in [0.15, 0.2) is 36.4 Å². The summed E-state index contributed by atoms with van der Waals surface area (Å²) in [5.41, 5.74) is 1.71. The third kappa shape index (κ3) is 3.34. The summed E-state index contributed by atoms with van der Waals surface area (Å²) in [6.07, 6.45) is 2.36. The molecular weight excluding hydrogens is 308 g/mol. The van der Waals surface area contributed by atoms with Crippen LogP contribution in [0.25, 0.3) is 0 Å². The van der Waals surface area contributed by atoms with Crippen molar-refractivity contribution in [2.24, 2.45) is 0 Å². The average molecular weight is 326 g/mol. The summed E-state index contributed by atoms with van der Waals surface area (Å²) in [5, 5.41) is 13.5. The number of nitrogens with zero attached hydrogens (tertiary/aromatic N) is 3. The number of pyridine rings is 1. The first kappa shape index (κ1) is 15.9. The molecule has 2 aromatic rings. The Morgan fingerprint density at radius 1 is 1.17 bits per heavy atom. The molecule has 24 heavy (non-hydrogen) atoms. The fourth-order valence-electron chi connectivity index (χ4n) is 2.73. The van der Waals surface area contributed by atoms with E-state index in [0.717, 1.165) is 24.6 Å². The number of amides is 1. The van der Waals surface area contributed by atoms with Crippen molar-refractivity contribution in [1.29, 1.82) is 0 Å². The number of nitrogens with one attached hydrogen (secondary N) is 1. The molecule has 1 amide bonds. The Bertz CT molecular complexity index is 768. The van der Waals surface area contributed by atoms with Gasteiger partial charge in [0.15, 0.2) is 0 Å². The third-order valence-electron chi connectivity index (χ3n) is 4.09. The van der Waals surface area contributed by atoms with Gasteiger partial charge in [-0.25, -0.2) is 4.98 Å². The highest BCUT2D eigenvalue weighted by Crippen LogP contribution is 2.22. The maximum absolute atomic E-state index is 12.3. The molecule has 0 spiro atoms. The van der Waals surface area contributed by atoms with Crippen LogP contribution < -0.4 is 10.2 Å². The molecule has 1 aliphatic heterocycles. The topological polar surface area (TPSA) is 88.4 Å². The van der Waals surface area contributed by atoms with Gasteiger partial charge in [-0.2, -0.15) is 0 Å². The fraction of sp³-hybridized carbons (Fsp3) is 0.294. The summed E-state index contributed by atoms with van der Waals surface area (Å²) in [6.45, 7) is 3.88. The number of hydrogen-bond acceptors (Lipinski definition) is 5. The van der Waals surface area contributed by atoms with E-state index in [-0.39, 0.29) is 11.6 Å². The number of non-ortho nitro benzene ring substituents is 1. The maximum atomic E-state index is 12.3. The van der Waals surface area contributed by atoms with E-state index in [9.17, 15) is 14.9 Å². The zero-order chi connectivity index (χ0) is 17.1. The highest BCUT2D eigenvalue weighted by atomic mass is 16.6. The summed E-state index contributed by atoms with van der Waals surface area (Å²) in [4.78, 5) is 29.2. The Kier molecular flexibility index (Phi) is 4.41. The van der Waals surface area contributed by atoms with Gasteiger partial charge < -0.3 is 10.2 Å². The van der Waals surface area contributed by atoms with Gasteiger partial charge in [0, 0.05) is 30.8 Å². The quantitative estimate of drug-likeness (QED) is 0.689. The number of carbonyl (C=O) groups excluding carboxylic acids is 1. The minimum atomic E-state index is -0.493. The first-order chi connectivity index (χ1) is 11.5. The predicted molar refractivity (Wildman–Crippen MR) is 91.5 cm³/mol. The molecule has 1 saturated heterocycles. The minimum absolute atomic E-state index is 0.0423. The van der Waals surface area contributed by atoms with Gasteiger partial charge in [0.1, 0.15) is 5.82 Å². The molecule has 1 aromatic heterocycles. The molecule has 0 bridgehead atoms. The lowest BCUT2D eigenvalue weighted by molar-refractivity contribution is -0.384. The second-order valence-electron chi connectivity index (χ2n) is 5.75. The molecule has 0 radical (unpaired) electrons. The maximum Gasteiger partial charge on any atom is 0.269 e. The zero-order valence-electron chi connectivity index (χ0n) is 13.4. The lowest BCUT2D eigenvalue weighted by atomic mass is 10.2. The van der Waals surface area contributed by atoms with Crippen molar-refractivity contribution in [2.75, 3.05) is 23.3 Å². The smallest absolute Gasteiger partial charge is 0.269 e. The predicted octanol–water partition coefficient (Wildman–Crippen LogP) is 3.15. The molecule has 7 heteroatoms. The van der Waals surface area contributed by atoms with Crippen LogP contribution in [-0.2, 0) is 0 Å². The van der Waals surface area contributed by atoms with Gasteiger partial charge in [-0.3, -0.25) is 14.9 Å². The highest BCUT2D eigenvalue weighted by molar-refractivity contribution is 6.04. The van der Waals surface area contributed by atoms with Crippen LogP contribution >= 0.6 is 0 Å². The zero-order valence-corrected chi connectivity index (χ0v) is 13.4. The van der Waals surface area contributed by atoms with Crippen molar-refractivity contribution >= 4 is 23.1 Å². The second kappa shape index (κ2) is 6.66. The van der Waals surface area contributed by atoms with Crippen molar-refractivity contribution in [3.63, 3.8) is 0 Å².